The lowest BCUT2D eigenvalue weighted by molar-refractivity contribution is 0.374. The summed E-state index contributed by atoms with van der Waals surface area (Å²) < 4.78 is 22.2. The van der Waals surface area contributed by atoms with Gasteiger partial charge in [0.25, 0.3) is 0 Å². The smallest absolute Gasteiger partial charge is 0.450 e. The predicted octanol–water partition coefficient (Wildman–Crippen LogP) is -1.39. The third kappa shape index (κ3) is 2.85. The van der Waals surface area contributed by atoms with Gasteiger partial charge in [-0.2, -0.15) is 0 Å². The Morgan fingerprint density at radius 1 is 1.14 bits per heavy atom. The van der Waals surface area contributed by atoms with Crippen molar-refractivity contribution >= 4 is 28.0 Å². The highest BCUT2D eigenvalue weighted by Gasteiger charge is 2.24. The molecule has 8 heteroatoms. The Hall–Kier alpha value is -0.815. The van der Waals surface area contributed by atoms with E-state index >= 15 is 0 Å². The fourth-order valence-corrected chi connectivity index (χ4v) is 0.955. The standard InChI is InChI=1S/C6H6B3FO4/c10-6-4-2-1-3-5(6)9(13-7-11)14-8-12/h1-4,11-12H. The Bertz CT molecular complexity index is 282. The lowest BCUT2D eigenvalue weighted by Gasteiger charge is -2.11. The molecule has 70 valence electrons. The van der Waals surface area contributed by atoms with E-state index < -0.39 is 12.9 Å². The second kappa shape index (κ2) is 5.82. The lowest BCUT2D eigenvalue weighted by atomic mass is 9.76. The van der Waals surface area contributed by atoms with Crippen LogP contribution in [0.25, 0.3) is 0 Å². The summed E-state index contributed by atoms with van der Waals surface area (Å²) in [5, 5.41) is 16.7. The number of hydrogen-bond donors (Lipinski definition) is 2. The van der Waals surface area contributed by atoms with Gasteiger partial charge in [-0.3, -0.25) is 0 Å². The van der Waals surface area contributed by atoms with Gasteiger partial charge in [-0.25, -0.2) is 4.39 Å². The molecule has 0 unspecified atom stereocenters. The van der Waals surface area contributed by atoms with Crippen molar-refractivity contribution in [3.63, 3.8) is 0 Å². The van der Waals surface area contributed by atoms with Gasteiger partial charge in [-0.05, 0) is 6.07 Å². The van der Waals surface area contributed by atoms with Crippen LogP contribution in [0.5, 0.6) is 0 Å². The van der Waals surface area contributed by atoms with Crippen LogP contribution >= 0.6 is 0 Å². The predicted molar refractivity (Wildman–Crippen MR) is 49.9 cm³/mol. The molecule has 0 atom stereocenters. The Morgan fingerprint density at radius 3 is 2.21 bits per heavy atom. The van der Waals surface area contributed by atoms with Crippen molar-refractivity contribution < 1.29 is 23.6 Å². The summed E-state index contributed by atoms with van der Waals surface area (Å²) in [6, 6.07) is 5.70. The minimum absolute atomic E-state index is 0.0723. The Morgan fingerprint density at radius 2 is 1.71 bits per heavy atom. The largest absolute Gasteiger partial charge is 0.470 e. The molecule has 0 aliphatic heterocycles. The average molecular weight is 194 g/mol. The summed E-state index contributed by atoms with van der Waals surface area (Å²) in [7, 11) is -0.479. The lowest BCUT2D eigenvalue weighted by Crippen LogP contribution is -2.41. The zero-order valence-electron chi connectivity index (χ0n) is 7.13. The van der Waals surface area contributed by atoms with Crippen molar-refractivity contribution in [2.45, 2.75) is 0 Å². The van der Waals surface area contributed by atoms with Crippen molar-refractivity contribution in [1.29, 1.82) is 0 Å². The first kappa shape index (κ1) is 11.3. The highest BCUT2D eigenvalue weighted by Crippen LogP contribution is 1.97. The summed E-state index contributed by atoms with van der Waals surface area (Å²) in [6.45, 7) is 0. The van der Waals surface area contributed by atoms with E-state index in [-0.39, 0.29) is 5.46 Å². The van der Waals surface area contributed by atoms with Gasteiger partial charge in [0.2, 0.25) is 0 Å². The molecule has 0 saturated heterocycles. The molecular formula is C6H6B3FO4. The fraction of sp³-hybridized carbons (Fsp3) is 0. The first-order valence-corrected chi connectivity index (χ1v) is 3.76. The minimum Gasteiger partial charge on any atom is -0.450 e. The molecule has 0 amide bonds. The molecule has 1 aromatic carbocycles. The maximum Gasteiger partial charge on any atom is 0.470 e. The summed E-state index contributed by atoms with van der Waals surface area (Å²) in [5.41, 5.74) is 0.0723. The summed E-state index contributed by atoms with van der Waals surface area (Å²) in [4.78, 5) is 0. The van der Waals surface area contributed by atoms with Crippen LogP contribution in [0, 0.1) is 5.82 Å². The molecular weight excluding hydrogens is 187 g/mol. The van der Waals surface area contributed by atoms with Crippen molar-refractivity contribution in [3.8, 4) is 0 Å². The van der Waals surface area contributed by atoms with Crippen molar-refractivity contribution in [2.75, 3.05) is 0 Å². The van der Waals surface area contributed by atoms with Crippen LogP contribution in [0.4, 0.5) is 4.39 Å². The molecule has 0 aromatic heterocycles. The molecule has 1 aromatic rings. The first-order valence-electron chi connectivity index (χ1n) is 3.76. The zero-order chi connectivity index (χ0) is 10.4. The van der Waals surface area contributed by atoms with Gasteiger partial charge >= 0.3 is 22.5 Å². The fourth-order valence-electron chi connectivity index (χ4n) is 0.955. The summed E-state index contributed by atoms with van der Waals surface area (Å²) in [5.74, 6) is -0.554. The average Bonchev–Trinajstić information content (AvgIpc) is 2.18. The van der Waals surface area contributed by atoms with Crippen LogP contribution in [0.2, 0.25) is 0 Å². The second-order valence-corrected chi connectivity index (χ2v) is 2.34. The topological polar surface area (TPSA) is 58.9 Å². The summed E-state index contributed by atoms with van der Waals surface area (Å²) >= 11 is 0. The van der Waals surface area contributed by atoms with E-state index in [2.05, 4.69) is 9.14 Å². The Labute approximate surface area is 82.4 Å². The molecule has 0 saturated carbocycles. The first-order chi connectivity index (χ1) is 6.79. The molecule has 1 rings (SSSR count). The van der Waals surface area contributed by atoms with Crippen LogP contribution in [0.15, 0.2) is 24.3 Å². The molecule has 0 heterocycles. The highest BCUT2D eigenvalue weighted by atomic mass is 19.1. The van der Waals surface area contributed by atoms with Gasteiger partial charge < -0.3 is 19.2 Å². The number of hydrogen-bond acceptors (Lipinski definition) is 4. The maximum absolute atomic E-state index is 13.1. The van der Waals surface area contributed by atoms with Crippen LogP contribution < -0.4 is 5.46 Å². The van der Waals surface area contributed by atoms with E-state index in [1.165, 1.54) is 18.2 Å². The molecule has 14 heavy (non-hydrogen) atoms. The van der Waals surface area contributed by atoms with Gasteiger partial charge in [-0.15, -0.1) is 0 Å². The molecule has 0 spiro atoms. The quantitative estimate of drug-likeness (QED) is 0.566. The molecule has 0 fully saturated rings. The molecule has 2 N–H and O–H groups in total. The SMILES string of the molecule is O[B]OB(O[B]O)c1ccccc1F. The molecule has 4 nitrogen and oxygen atoms in total. The van der Waals surface area contributed by atoms with Gasteiger partial charge in [0.1, 0.15) is 5.82 Å². The second-order valence-electron chi connectivity index (χ2n) is 2.34. The third-order valence-electron chi connectivity index (χ3n) is 1.53. The summed E-state index contributed by atoms with van der Waals surface area (Å²) in [6.07, 6.45) is 0. The normalized spacial score (nSPS) is 9.64. The molecule has 0 bridgehead atoms. The van der Waals surface area contributed by atoms with E-state index in [1.807, 2.05) is 0 Å². The monoisotopic (exact) mass is 194 g/mol. The van der Waals surface area contributed by atoms with Crippen molar-refractivity contribution in [1.82, 2.24) is 0 Å². The minimum atomic E-state index is -1.20. The van der Waals surface area contributed by atoms with Crippen LogP contribution in [-0.4, -0.2) is 32.5 Å². The number of benzene rings is 1. The van der Waals surface area contributed by atoms with Crippen LogP contribution in [-0.2, 0) is 9.14 Å². The zero-order valence-corrected chi connectivity index (χ0v) is 7.13. The van der Waals surface area contributed by atoms with E-state index in [0.29, 0.717) is 15.4 Å². The van der Waals surface area contributed by atoms with Crippen LogP contribution in [0.1, 0.15) is 0 Å². The van der Waals surface area contributed by atoms with Crippen LogP contribution in [0.3, 0.4) is 0 Å². The van der Waals surface area contributed by atoms with E-state index in [9.17, 15) is 4.39 Å². The maximum atomic E-state index is 13.1. The highest BCUT2D eigenvalue weighted by molar-refractivity contribution is 6.68. The van der Waals surface area contributed by atoms with Gasteiger partial charge in [0.15, 0.2) is 0 Å². The van der Waals surface area contributed by atoms with Gasteiger partial charge in [0, 0.05) is 5.46 Å². The van der Waals surface area contributed by atoms with Gasteiger partial charge in [-0.1, -0.05) is 18.2 Å². The number of halogens is 1. The Balaban J connectivity index is 2.81. The molecule has 0 aliphatic carbocycles. The van der Waals surface area contributed by atoms with Crippen molar-refractivity contribution in [3.05, 3.63) is 30.1 Å². The van der Waals surface area contributed by atoms with E-state index in [1.54, 1.807) is 6.07 Å². The van der Waals surface area contributed by atoms with E-state index in [4.69, 9.17) is 10.0 Å². The van der Waals surface area contributed by atoms with E-state index in [0.717, 1.165) is 0 Å². The molecule has 0 aliphatic rings. The molecule has 2 radical (unpaired) electrons. The van der Waals surface area contributed by atoms with Crippen molar-refractivity contribution in [2.24, 2.45) is 0 Å². The Kier molecular flexibility index (Phi) is 4.68. The van der Waals surface area contributed by atoms with Gasteiger partial charge in [0.05, 0.1) is 0 Å². The third-order valence-corrected chi connectivity index (χ3v) is 1.53. The number of rotatable bonds is 5.